The molecule has 0 heterocycles. The Hall–Kier alpha value is -3.42. The Bertz CT molecular complexity index is 994. The normalized spacial score (nSPS) is 11.8. The van der Waals surface area contributed by atoms with Gasteiger partial charge in [-0.25, -0.2) is 4.79 Å². The van der Waals surface area contributed by atoms with Crippen LogP contribution in [0.1, 0.15) is 73.4 Å². The first-order chi connectivity index (χ1) is 13.6. The van der Waals surface area contributed by atoms with E-state index < -0.39 is 33.3 Å². The molecule has 0 aliphatic rings. The van der Waals surface area contributed by atoms with Gasteiger partial charge in [-0.2, -0.15) is 0 Å². The lowest BCUT2D eigenvalue weighted by atomic mass is 9.79. The zero-order valence-corrected chi connectivity index (χ0v) is 17.9. The number of carboxylic acids is 1. The third-order valence-electron chi connectivity index (χ3n) is 4.67. The van der Waals surface area contributed by atoms with E-state index in [1.807, 2.05) is 41.5 Å². The van der Waals surface area contributed by atoms with Crippen molar-refractivity contribution in [3.05, 3.63) is 62.7 Å². The van der Waals surface area contributed by atoms with Crippen molar-refractivity contribution in [1.29, 1.82) is 0 Å². The molecule has 0 radical (unpaired) electrons. The molecule has 0 atom stereocenters. The molecule has 2 aromatic carbocycles. The molecule has 30 heavy (non-hydrogen) atoms. The molecule has 0 bridgehead atoms. The number of carboxylic acid groups (broad SMARTS) is 1. The van der Waals surface area contributed by atoms with Crippen molar-refractivity contribution in [2.24, 2.45) is 0 Å². The summed E-state index contributed by atoms with van der Waals surface area (Å²) >= 11 is 0. The van der Waals surface area contributed by atoms with Gasteiger partial charge in [0.2, 0.25) is 0 Å². The fourth-order valence-corrected chi connectivity index (χ4v) is 3.06. The van der Waals surface area contributed by atoms with Crippen LogP contribution in [-0.2, 0) is 10.8 Å². The van der Waals surface area contributed by atoms with Crippen LogP contribution in [0.15, 0.2) is 30.3 Å². The standard InChI is InChI=1S/C22H26N2O6/c1-21(2,3)15-10-13(11-16(18(15)25)22(4,5)6)23-19(26)14-8-7-12(20(27)28)9-17(14)24(29)30/h7-11,25H,1-6H3,(H,23,26)(H,27,28). The molecule has 2 aromatic rings. The van der Waals surface area contributed by atoms with Gasteiger partial charge in [-0.1, -0.05) is 41.5 Å². The Morgan fingerprint density at radius 2 is 1.47 bits per heavy atom. The van der Waals surface area contributed by atoms with E-state index in [2.05, 4.69) is 5.32 Å². The van der Waals surface area contributed by atoms with Gasteiger partial charge >= 0.3 is 5.97 Å². The van der Waals surface area contributed by atoms with Crippen LogP contribution >= 0.6 is 0 Å². The van der Waals surface area contributed by atoms with Crippen LogP contribution in [0.4, 0.5) is 11.4 Å². The van der Waals surface area contributed by atoms with Crippen LogP contribution in [0.5, 0.6) is 5.75 Å². The lowest BCUT2D eigenvalue weighted by Gasteiger charge is -2.28. The van der Waals surface area contributed by atoms with Gasteiger partial charge in [-0.05, 0) is 35.1 Å². The van der Waals surface area contributed by atoms with Crippen LogP contribution < -0.4 is 5.32 Å². The number of carbonyl (C=O) groups excluding carboxylic acids is 1. The molecule has 8 nitrogen and oxygen atoms in total. The molecule has 0 saturated heterocycles. The van der Waals surface area contributed by atoms with E-state index in [1.54, 1.807) is 12.1 Å². The smallest absolute Gasteiger partial charge is 0.335 e. The third kappa shape index (κ3) is 4.76. The molecule has 0 aliphatic heterocycles. The number of phenolic OH excluding ortho intramolecular Hbond substituents is 1. The number of nitrogens with one attached hydrogen (secondary N) is 1. The number of carbonyl (C=O) groups is 2. The minimum Gasteiger partial charge on any atom is -0.507 e. The average Bonchev–Trinajstić information content (AvgIpc) is 2.60. The molecule has 1 amide bonds. The average molecular weight is 414 g/mol. The summed E-state index contributed by atoms with van der Waals surface area (Å²) in [6, 6.07) is 6.39. The van der Waals surface area contributed by atoms with Crippen LogP contribution in [0.25, 0.3) is 0 Å². The summed E-state index contributed by atoms with van der Waals surface area (Å²) in [6.07, 6.45) is 0. The number of hydrogen-bond acceptors (Lipinski definition) is 5. The van der Waals surface area contributed by atoms with Crippen molar-refractivity contribution < 1.29 is 24.7 Å². The number of nitro benzene ring substituents is 1. The minimum atomic E-state index is -1.33. The number of aromatic carboxylic acids is 1. The molecule has 0 fully saturated rings. The van der Waals surface area contributed by atoms with Gasteiger partial charge in [0.1, 0.15) is 11.3 Å². The largest absolute Gasteiger partial charge is 0.507 e. The summed E-state index contributed by atoms with van der Waals surface area (Å²) in [5.74, 6) is -1.93. The fourth-order valence-electron chi connectivity index (χ4n) is 3.06. The van der Waals surface area contributed by atoms with E-state index in [1.165, 1.54) is 0 Å². The maximum atomic E-state index is 12.8. The van der Waals surface area contributed by atoms with Crippen molar-refractivity contribution in [1.82, 2.24) is 0 Å². The summed E-state index contributed by atoms with van der Waals surface area (Å²) < 4.78 is 0. The Balaban J connectivity index is 2.56. The Kier molecular flexibility index (Phi) is 5.93. The highest BCUT2D eigenvalue weighted by Gasteiger charge is 2.28. The summed E-state index contributed by atoms with van der Waals surface area (Å²) in [5, 5.41) is 33.8. The number of anilines is 1. The summed E-state index contributed by atoms with van der Waals surface area (Å²) in [5.41, 5.74) is -0.343. The molecule has 160 valence electrons. The summed E-state index contributed by atoms with van der Waals surface area (Å²) in [7, 11) is 0. The SMILES string of the molecule is CC(C)(C)c1cc(NC(=O)c2ccc(C(=O)O)cc2[N+](=O)[O-])cc(C(C)(C)C)c1O. The van der Waals surface area contributed by atoms with Crippen molar-refractivity contribution in [2.45, 2.75) is 52.4 Å². The van der Waals surface area contributed by atoms with Gasteiger partial charge in [0, 0.05) is 22.9 Å². The molecule has 8 heteroatoms. The number of hydrogen-bond donors (Lipinski definition) is 3. The van der Waals surface area contributed by atoms with E-state index in [0.717, 1.165) is 18.2 Å². The number of phenols is 1. The minimum absolute atomic E-state index is 0.143. The zero-order valence-electron chi connectivity index (χ0n) is 17.9. The highest BCUT2D eigenvalue weighted by molar-refractivity contribution is 6.08. The van der Waals surface area contributed by atoms with Gasteiger partial charge in [-0.3, -0.25) is 14.9 Å². The first-order valence-corrected chi connectivity index (χ1v) is 9.34. The van der Waals surface area contributed by atoms with E-state index in [9.17, 15) is 24.8 Å². The van der Waals surface area contributed by atoms with Crippen LogP contribution in [-0.4, -0.2) is 27.0 Å². The maximum absolute atomic E-state index is 12.8. The number of nitrogens with zero attached hydrogens (tertiary/aromatic N) is 1. The lowest BCUT2D eigenvalue weighted by Crippen LogP contribution is -2.20. The zero-order chi connectivity index (χ0) is 23.0. The van der Waals surface area contributed by atoms with Gasteiger partial charge in [0.15, 0.2) is 0 Å². The van der Waals surface area contributed by atoms with E-state index >= 15 is 0 Å². The van der Waals surface area contributed by atoms with Crippen LogP contribution in [0, 0.1) is 10.1 Å². The highest BCUT2D eigenvalue weighted by Crippen LogP contribution is 2.41. The second-order valence-corrected chi connectivity index (χ2v) is 9.17. The maximum Gasteiger partial charge on any atom is 0.335 e. The van der Waals surface area contributed by atoms with Crippen LogP contribution in [0.2, 0.25) is 0 Å². The molecule has 0 aliphatic carbocycles. The fraction of sp³-hybridized carbons (Fsp3) is 0.364. The second kappa shape index (κ2) is 7.78. The summed E-state index contributed by atoms with van der Waals surface area (Å²) in [6.45, 7) is 11.6. The van der Waals surface area contributed by atoms with Gasteiger partial charge in [-0.15, -0.1) is 0 Å². The van der Waals surface area contributed by atoms with E-state index in [0.29, 0.717) is 16.8 Å². The van der Waals surface area contributed by atoms with Gasteiger partial charge < -0.3 is 15.5 Å². The molecule has 0 saturated carbocycles. The lowest BCUT2D eigenvalue weighted by molar-refractivity contribution is -0.385. The Labute approximate surface area is 174 Å². The summed E-state index contributed by atoms with van der Waals surface area (Å²) in [4.78, 5) is 34.5. The predicted molar refractivity (Wildman–Crippen MR) is 114 cm³/mol. The molecular formula is C22H26N2O6. The van der Waals surface area contributed by atoms with E-state index in [-0.39, 0.29) is 16.9 Å². The molecule has 0 unspecified atom stereocenters. The van der Waals surface area contributed by atoms with Crippen molar-refractivity contribution in [2.75, 3.05) is 5.32 Å². The van der Waals surface area contributed by atoms with Crippen molar-refractivity contribution in [3.63, 3.8) is 0 Å². The van der Waals surface area contributed by atoms with Crippen molar-refractivity contribution >= 4 is 23.3 Å². The molecule has 0 aromatic heterocycles. The predicted octanol–water partition coefficient (Wildman–Crippen LogP) is 4.85. The first kappa shape index (κ1) is 22.9. The van der Waals surface area contributed by atoms with Crippen molar-refractivity contribution in [3.8, 4) is 5.75 Å². The Morgan fingerprint density at radius 3 is 1.87 bits per heavy atom. The number of amides is 1. The van der Waals surface area contributed by atoms with Crippen LogP contribution in [0.3, 0.4) is 0 Å². The molecule has 0 spiro atoms. The number of aromatic hydroxyl groups is 1. The number of nitro groups is 1. The highest BCUT2D eigenvalue weighted by atomic mass is 16.6. The van der Waals surface area contributed by atoms with Gasteiger partial charge in [0.25, 0.3) is 11.6 Å². The number of benzene rings is 2. The Morgan fingerprint density at radius 1 is 0.967 bits per heavy atom. The molecular weight excluding hydrogens is 388 g/mol. The first-order valence-electron chi connectivity index (χ1n) is 9.34. The monoisotopic (exact) mass is 414 g/mol. The number of rotatable bonds is 4. The van der Waals surface area contributed by atoms with Gasteiger partial charge in [0.05, 0.1) is 10.5 Å². The molecule has 3 N–H and O–H groups in total. The molecule has 2 rings (SSSR count). The van der Waals surface area contributed by atoms with E-state index in [4.69, 9.17) is 5.11 Å². The quantitative estimate of drug-likeness (QED) is 0.373. The topological polar surface area (TPSA) is 130 Å². The third-order valence-corrected chi connectivity index (χ3v) is 4.67. The second-order valence-electron chi connectivity index (χ2n) is 9.17.